The first-order valence-corrected chi connectivity index (χ1v) is 12.4. The van der Waals surface area contributed by atoms with Crippen LogP contribution in [0.2, 0.25) is 0 Å². The Kier molecular flexibility index (Phi) is 5.47. The van der Waals surface area contributed by atoms with Crippen molar-refractivity contribution in [1.82, 2.24) is 0 Å². The van der Waals surface area contributed by atoms with Crippen molar-refractivity contribution in [2.45, 2.75) is 103 Å². The number of rotatable bonds is 3. The SMILES string of the molecule is CC1(C)CCC(C)(C)c2cc(C(=O)C=C(O)c3ccc4c(c3)C(C)(C)CCC4(C)C)ccc21. The van der Waals surface area contributed by atoms with Crippen LogP contribution in [0.5, 0.6) is 0 Å². The average Bonchev–Trinajstić information content (AvgIpc) is 2.74. The lowest BCUT2D eigenvalue weighted by atomic mass is 9.63. The molecule has 2 heteroatoms. The van der Waals surface area contributed by atoms with E-state index in [1.165, 1.54) is 28.3 Å². The number of allylic oxidation sites excluding steroid dienone is 1. The number of ketones is 1. The molecule has 0 saturated carbocycles. The van der Waals surface area contributed by atoms with E-state index in [0.717, 1.165) is 25.7 Å². The van der Waals surface area contributed by atoms with Crippen LogP contribution in [0.1, 0.15) is 119 Å². The third-order valence-electron chi connectivity index (χ3n) is 8.55. The number of carbonyl (C=O) groups is 1. The minimum Gasteiger partial charge on any atom is -0.507 e. The Hall–Kier alpha value is -2.35. The van der Waals surface area contributed by atoms with Crippen molar-refractivity contribution in [2.75, 3.05) is 0 Å². The Morgan fingerprint density at radius 3 is 1.45 bits per heavy atom. The fourth-order valence-electron chi connectivity index (χ4n) is 5.78. The van der Waals surface area contributed by atoms with Gasteiger partial charge in [-0.1, -0.05) is 79.7 Å². The smallest absolute Gasteiger partial charge is 0.189 e. The van der Waals surface area contributed by atoms with Crippen LogP contribution in [0, 0.1) is 0 Å². The second kappa shape index (κ2) is 7.58. The van der Waals surface area contributed by atoms with Crippen LogP contribution < -0.4 is 0 Å². The van der Waals surface area contributed by atoms with Crippen LogP contribution in [0.3, 0.4) is 0 Å². The second-order valence-corrected chi connectivity index (χ2v) is 13.0. The number of aliphatic hydroxyl groups is 1. The number of fused-ring (bicyclic) bond motifs is 2. The van der Waals surface area contributed by atoms with E-state index in [4.69, 9.17) is 0 Å². The van der Waals surface area contributed by atoms with Gasteiger partial charge in [0.25, 0.3) is 0 Å². The van der Waals surface area contributed by atoms with Crippen LogP contribution in [0.25, 0.3) is 5.76 Å². The molecule has 0 aliphatic heterocycles. The van der Waals surface area contributed by atoms with Gasteiger partial charge in [0.15, 0.2) is 5.78 Å². The zero-order valence-electron chi connectivity index (χ0n) is 21.7. The fourth-order valence-corrected chi connectivity index (χ4v) is 5.78. The molecule has 2 aliphatic rings. The molecule has 0 heterocycles. The van der Waals surface area contributed by atoms with Crippen molar-refractivity contribution in [3.05, 3.63) is 75.9 Å². The Bertz CT molecular complexity index is 1140. The zero-order chi connectivity index (χ0) is 24.4. The lowest BCUT2D eigenvalue weighted by Gasteiger charge is -2.42. The molecular weight excluding hydrogens is 404 g/mol. The molecular formula is C31H40O2. The Morgan fingerprint density at radius 2 is 1.00 bits per heavy atom. The molecule has 1 N–H and O–H groups in total. The van der Waals surface area contributed by atoms with Gasteiger partial charge in [-0.25, -0.2) is 0 Å². The Balaban J connectivity index is 1.69. The van der Waals surface area contributed by atoms with E-state index < -0.39 is 0 Å². The minimum absolute atomic E-state index is 0.0410. The monoisotopic (exact) mass is 444 g/mol. The maximum Gasteiger partial charge on any atom is 0.189 e. The summed E-state index contributed by atoms with van der Waals surface area (Å²) in [5.74, 6) is -0.105. The summed E-state index contributed by atoms with van der Waals surface area (Å²) in [7, 11) is 0. The summed E-state index contributed by atoms with van der Waals surface area (Å²) in [5.41, 5.74) is 6.93. The highest BCUT2D eigenvalue weighted by atomic mass is 16.3. The van der Waals surface area contributed by atoms with Crippen molar-refractivity contribution < 1.29 is 9.90 Å². The average molecular weight is 445 g/mol. The van der Waals surface area contributed by atoms with E-state index in [1.54, 1.807) is 0 Å². The van der Waals surface area contributed by atoms with Crippen molar-refractivity contribution in [3.63, 3.8) is 0 Å². The van der Waals surface area contributed by atoms with E-state index in [1.807, 2.05) is 12.1 Å². The van der Waals surface area contributed by atoms with Crippen LogP contribution in [-0.2, 0) is 21.7 Å². The van der Waals surface area contributed by atoms with Gasteiger partial charge in [0.1, 0.15) is 5.76 Å². The van der Waals surface area contributed by atoms with Gasteiger partial charge in [-0.3, -0.25) is 4.79 Å². The molecule has 0 spiro atoms. The topological polar surface area (TPSA) is 37.3 Å². The van der Waals surface area contributed by atoms with Gasteiger partial charge in [0.05, 0.1) is 0 Å². The summed E-state index contributed by atoms with van der Waals surface area (Å²) in [4.78, 5) is 13.2. The Labute approximate surface area is 200 Å². The number of benzene rings is 2. The number of aliphatic hydroxyl groups excluding tert-OH is 1. The molecule has 0 unspecified atom stereocenters. The van der Waals surface area contributed by atoms with Crippen molar-refractivity contribution in [3.8, 4) is 0 Å². The van der Waals surface area contributed by atoms with Crippen molar-refractivity contribution >= 4 is 11.5 Å². The summed E-state index contributed by atoms with van der Waals surface area (Å²) in [6.07, 6.45) is 5.91. The lowest BCUT2D eigenvalue weighted by Crippen LogP contribution is -2.34. The molecule has 33 heavy (non-hydrogen) atoms. The van der Waals surface area contributed by atoms with E-state index in [-0.39, 0.29) is 33.2 Å². The Morgan fingerprint density at radius 1 is 0.636 bits per heavy atom. The molecule has 0 radical (unpaired) electrons. The van der Waals surface area contributed by atoms with Crippen LogP contribution in [-0.4, -0.2) is 10.9 Å². The van der Waals surface area contributed by atoms with Gasteiger partial charge >= 0.3 is 0 Å². The van der Waals surface area contributed by atoms with Gasteiger partial charge in [0, 0.05) is 17.2 Å². The highest BCUT2D eigenvalue weighted by Gasteiger charge is 2.38. The molecule has 2 aromatic carbocycles. The van der Waals surface area contributed by atoms with E-state index >= 15 is 0 Å². The minimum atomic E-state index is -0.146. The van der Waals surface area contributed by atoms with Crippen molar-refractivity contribution in [2.24, 2.45) is 0 Å². The lowest BCUT2D eigenvalue weighted by molar-refractivity contribution is 0.104. The van der Waals surface area contributed by atoms with Gasteiger partial charge in [-0.2, -0.15) is 0 Å². The summed E-state index contributed by atoms with van der Waals surface area (Å²) in [5, 5.41) is 10.9. The molecule has 0 amide bonds. The highest BCUT2D eigenvalue weighted by molar-refractivity contribution is 6.08. The van der Waals surface area contributed by atoms with E-state index in [9.17, 15) is 9.90 Å². The third-order valence-corrected chi connectivity index (χ3v) is 8.55. The number of hydrogen-bond acceptors (Lipinski definition) is 2. The van der Waals surface area contributed by atoms with Gasteiger partial charge < -0.3 is 5.11 Å². The third kappa shape index (κ3) is 4.18. The molecule has 2 aromatic rings. The molecule has 0 atom stereocenters. The molecule has 0 fully saturated rings. The summed E-state index contributed by atoms with van der Waals surface area (Å²) >= 11 is 0. The van der Waals surface area contributed by atoms with E-state index in [0.29, 0.717) is 11.1 Å². The summed E-state index contributed by atoms with van der Waals surface area (Å²) in [6.45, 7) is 18.2. The molecule has 4 rings (SSSR count). The standard InChI is InChI=1S/C31H40O2/c1-28(2)13-15-30(5,6)24-17-20(9-11-22(24)28)26(32)19-27(33)21-10-12-23-25(18-21)31(7,8)16-14-29(23,3)4/h9-12,17-19,32H,13-16H2,1-8H3. The first kappa shape index (κ1) is 23.8. The predicted molar refractivity (Wildman–Crippen MR) is 138 cm³/mol. The van der Waals surface area contributed by atoms with Gasteiger partial charge in [0.2, 0.25) is 0 Å². The van der Waals surface area contributed by atoms with Crippen LogP contribution in [0.4, 0.5) is 0 Å². The largest absolute Gasteiger partial charge is 0.507 e. The summed E-state index contributed by atoms with van der Waals surface area (Å²) in [6, 6.07) is 12.3. The zero-order valence-corrected chi connectivity index (χ0v) is 21.7. The number of hydrogen-bond donors (Lipinski definition) is 1. The molecule has 0 aromatic heterocycles. The normalized spacial score (nSPS) is 22.2. The highest BCUT2D eigenvalue weighted by Crippen LogP contribution is 2.47. The second-order valence-electron chi connectivity index (χ2n) is 13.0. The first-order valence-electron chi connectivity index (χ1n) is 12.4. The molecule has 2 nitrogen and oxygen atoms in total. The van der Waals surface area contributed by atoms with Gasteiger partial charge in [-0.15, -0.1) is 0 Å². The number of carbonyl (C=O) groups excluding carboxylic acids is 1. The molecule has 0 bridgehead atoms. The van der Waals surface area contributed by atoms with Crippen LogP contribution in [0.15, 0.2) is 42.5 Å². The maximum absolute atomic E-state index is 13.2. The predicted octanol–water partition coefficient (Wildman–Crippen LogP) is 8.17. The van der Waals surface area contributed by atoms with E-state index in [2.05, 4.69) is 79.7 Å². The van der Waals surface area contributed by atoms with Crippen LogP contribution >= 0.6 is 0 Å². The first-order chi connectivity index (χ1) is 15.1. The quantitative estimate of drug-likeness (QED) is 0.294. The molecule has 2 aliphatic carbocycles. The maximum atomic E-state index is 13.2. The van der Waals surface area contributed by atoms with Gasteiger partial charge in [-0.05, 0) is 81.7 Å². The molecule has 0 saturated heterocycles. The molecule has 176 valence electrons. The fraction of sp³-hybridized carbons (Fsp3) is 0.516. The van der Waals surface area contributed by atoms with Crippen molar-refractivity contribution in [1.29, 1.82) is 0 Å². The summed E-state index contributed by atoms with van der Waals surface area (Å²) < 4.78 is 0.